The molecule has 3 heterocycles. The fourth-order valence-electron chi connectivity index (χ4n) is 4.30. The SMILES string of the molecule is CC[NH+]1CC[NH+]([C@@H](c2nnnn2Cc2ccc3c(c2)OCO3)C(C)C)CC1. The summed E-state index contributed by atoms with van der Waals surface area (Å²) >= 11 is 0. The molecule has 0 radical (unpaired) electrons. The van der Waals surface area contributed by atoms with Gasteiger partial charge in [-0.25, -0.2) is 4.68 Å². The number of benzene rings is 1. The number of hydrogen-bond donors (Lipinski definition) is 2. The lowest BCUT2D eigenvalue weighted by atomic mass is 10.0. The molecule has 8 heteroatoms. The maximum atomic E-state index is 5.50. The number of ether oxygens (including phenoxy) is 2. The lowest BCUT2D eigenvalue weighted by molar-refractivity contribution is -1.03. The molecule has 0 spiro atoms. The van der Waals surface area contributed by atoms with Gasteiger partial charge >= 0.3 is 0 Å². The van der Waals surface area contributed by atoms with Gasteiger partial charge in [-0.2, -0.15) is 0 Å². The van der Waals surface area contributed by atoms with Crippen molar-refractivity contribution in [3.8, 4) is 11.5 Å². The zero-order valence-corrected chi connectivity index (χ0v) is 16.4. The van der Waals surface area contributed by atoms with Crippen LogP contribution in [0, 0.1) is 5.92 Å². The Morgan fingerprint density at radius 1 is 1.11 bits per heavy atom. The summed E-state index contributed by atoms with van der Waals surface area (Å²) in [6.07, 6.45) is 0. The van der Waals surface area contributed by atoms with E-state index in [2.05, 4.69) is 42.4 Å². The highest BCUT2D eigenvalue weighted by Gasteiger charge is 2.36. The van der Waals surface area contributed by atoms with Crippen molar-refractivity contribution in [1.29, 1.82) is 0 Å². The average Bonchev–Trinajstić information content (AvgIpc) is 3.32. The van der Waals surface area contributed by atoms with Gasteiger partial charge in [-0.15, -0.1) is 5.10 Å². The summed E-state index contributed by atoms with van der Waals surface area (Å²) in [5.41, 5.74) is 1.12. The second kappa shape index (κ2) is 7.82. The van der Waals surface area contributed by atoms with Gasteiger partial charge in [0.25, 0.3) is 0 Å². The Hall–Kier alpha value is -2.19. The van der Waals surface area contributed by atoms with E-state index in [-0.39, 0.29) is 0 Å². The predicted octanol–water partition coefficient (Wildman–Crippen LogP) is -1.05. The van der Waals surface area contributed by atoms with Crippen molar-refractivity contribution >= 4 is 0 Å². The van der Waals surface area contributed by atoms with Crippen molar-refractivity contribution in [1.82, 2.24) is 20.2 Å². The number of nitrogens with zero attached hydrogens (tertiary/aromatic N) is 4. The van der Waals surface area contributed by atoms with Crippen LogP contribution in [0.15, 0.2) is 18.2 Å². The quantitative estimate of drug-likeness (QED) is 0.675. The maximum Gasteiger partial charge on any atom is 0.231 e. The molecule has 4 rings (SSSR count). The summed E-state index contributed by atoms with van der Waals surface area (Å²) in [6.45, 7) is 13.7. The number of aromatic nitrogens is 4. The molecule has 0 saturated carbocycles. The average molecular weight is 374 g/mol. The summed E-state index contributed by atoms with van der Waals surface area (Å²) in [5.74, 6) is 3.06. The molecule has 2 aromatic rings. The van der Waals surface area contributed by atoms with Crippen LogP contribution in [0.5, 0.6) is 11.5 Å². The minimum absolute atomic E-state index is 0.291. The second-order valence-electron chi connectivity index (χ2n) is 7.87. The number of piperazine rings is 1. The van der Waals surface area contributed by atoms with Crippen molar-refractivity contribution in [2.45, 2.75) is 33.4 Å². The highest BCUT2D eigenvalue weighted by molar-refractivity contribution is 5.44. The molecule has 1 aromatic carbocycles. The molecule has 1 fully saturated rings. The standard InChI is InChI=1S/C19H28N6O2/c1-4-23-7-9-24(10-8-23)18(14(2)3)19-20-21-22-25(19)12-15-5-6-16-17(11-15)27-13-26-16/h5-6,11,14,18H,4,7-10,12-13H2,1-3H3/p+2/t18-/m1/s1. The van der Waals surface area contributed by atoms with Crippen LogP contribution in [-0.2, 0) is 6.54 Å². The van der Waals surface area contributed by atoms with E-state index >= 15 is 0 Å². The molecule has 0 amide bonds. The molecule has 8 nitrogen and oxygen atoms in total. The number of tetrazole rings is 1. The number of fused-ring (bicyclic) bond motifs is 1. The number of nitrogens with one attached hydrogen (secondary N) is 2. The Bertz CT molecular complexity index is 769. The van der Waals surface area contributed by atoms with Gasteiger partial charge in [0.15, 0.2) is 17.5 Å². The Labute approximate surface area is 160 Å². The Morgan fingerprint density at radius 3 is 2.63 bits per heavy atom. The smallest absolute Gasteiger partial charge is 0.231 e. The first-order chi connectivity index (χ1) is 13.2. The van der Waals surface area contributed by atoms with Gasteiger partial charge < -0.3 is 19.3 Å². The van der Waals surface area contributed by atoms with Gasteiger partial charge in [-0.3, -0.25) is 0 Å². The zero-order chi connectivity index (χ0) is 18.8. The Kier molecular flexibility index (Phi) is 5.27. The number of quaternary nitrogens is 2. The molecule has 2 aliphatic heterocycles. The molecule has 27 heavy (non-hydrogen) atoms. The van der Waals surface area contributed by atoms with Crippen LogP contribution in [0.25, 0.3) is 0 Å². The predicted molar refractivity (Wildman–Crippen MR) is 99.0 cm³/mol. The fraction of sp³-hybridized carbons (Fsp3) is 0.632. The summed E-state index contributed by atoms with van der Waals surface area (Å²) < 4.78 is 12.9. The first-order valence-electron chi connectivity index (χ1n) is 9.98. The molecule has 2 aliphatic rings. The van der Waals surface area contributed by atoms with Crippen molar-refractivity contribution in [3.05, 3.63) is 29.6 Å². The lowest BCUT2D eigenvalue weighted by Gasteiger charge is -2.35. The van der Waals surface area contributed by atoms with Crippen LogP contribution in [0.2, 0.25) is 0 Å². The summed E-state index contributed by atoms with van der Waals surface area (Å²) in [5, 5.41) is 12.7. The normalized spacial score (nSPS) is 23.0. The zero-order valence-electron chi connectivity index (χ0n) is 16.4. The molecule has 1 aromatic heterocycles. The van der Waals surface area contributed by atoms with Crippen molar-refractivity contribution in [3.63, 3.8) is 0 Å². The van der Waals surface area contributed by atoms with E-state index in [4.69, 9.17) is 9.47 Å². The fourth-order valence-corrected chi connectivity index (χ4v) is 4.30. The minimum atomic E-state index is 0.291. The van der Waals surface area contributed by atoms with Crippen molar-refractivity contribution in [2.75, 3.05) is 39.5 Å². The molecule has 146 valence electrons. The van der Waals surface area contributed by atoms with Crippen LogP contribution in [0.3, 0.4) is 0 Å². The van der Waals surface area contributed by atoms with Gasteiger partial charge in [-0.05, 0) is 35.0 Å². The first-order valence-corrected chi connectivity index (χ1v) is 9.98. The van der Waals surface area contributed by atoms with Crippen molar-refractivity contribution in [2.24, 2.45) is 5.92 Å². The van der Waals surface area contributed by atoms with Gasteiger partial charge in [0.2, 0.25) is 12.6 Å². The summed E-state index contributed by atoms with van der Waals surface area (Å²) in [6, 6.07) is 6.35. The Balaban J connectivity index is 1.54. The monoisotopic (exact) mass is 374 g/mol. The largest absolute Gasteiger partial charge is 0.454 e. The van der Waals surface area contributed by atoms with Crippen molar-refractivity contribution < 1.29 is 19.3 Å². The molecular weight excluding hydrogens is 344 g/mol. The van der Waals surface area contributed by atoms with E-state index in [9.17, 15) is 0 Å². The first kappa shape index (κ1) is 18.2. The summed E-state index contributed by atoms with van der Waals surface area (Å²) in [4.78, 5) is 3.30. The van der Waals surface area contributed by atoms with Gasteiger partial charge in [0.1, 0.15) is 26.2 Å². The molecule has 1 atom stereocenters. The van der Waals surface area contributed by atoms with Gasteiger partial charge in [-0.1, -0.05) is 19.9 Å². The van der Waals surface area contributed by atoms with E-state index in [0.29, 0.717) is 25.3 Å². The Morgan fingerprint density at radius 2 is 1.89 bits per heavy atom. The number of likely N-dealkylation sites (N-methyl/N-ethyl adjacent to an activating group) is 1. The maximum absolute atomic E-state index is 5.50. The minimum Gasteiger partial charge on any atom is -0.454 e. The van der Waals surface area contributed by atoms with E-state index < -0.39 is 0 Å². The highest BCUT2D eigenvalue weighted by atomic mass is 16.7. The third-order valence-electron chi connectivity index (χ3n) is 5.81. The third kappa shape index (κ3) is 3.77. The van der Waals surface area contributed by atoms with E-state index in [0.717, 1.165) is 22.9 Å². The van der Waals surface area contributed by atoms with Crippen LogP contribution in [-0.4, -0.2) is 59.7 Å². The van der Waals surface area contributed by atoms with E-state index in [1.807, 2.05) is 16.8 Å². The van der Waals surface area contributed by atoms with Crippen LogP contribution in [0.4, 0.5) is 0 Å². The van der Waals surface area contributed by atoms with Crippen LogP contribution in [0.1, 0.15) is 38.2 Å². The molecule has 1 saturated heterocycles. The number of rotatable bonds is 6. The summed E-state index contributed by atoms with van der Waals surface area (Å²) in [7, 11) is 0. The van der Waals surface area contributed by atoms with E-state index in [1.165, 1.54) is 32.7 Å². The second-order valence-corrected chi connectivity index (χ2v) is 7.87. The highest BCUT2D eigenvalue weighted by Crippen LogP contribution is 2.32. The van der Waals surface area contributed by atoms with Gasteiger partial charge in [0.05, 0.1) is 13.1 Å². The topological polar surface area (TPSA) is 70.9 Å². The van der Waals surface area contributed by atoms with Gasteiger partial charge in [0, 0.05) is 5.92 Å². The van der Waals surface area contributed by atoms with Crippen LogP contribution < -0.4 is 19.3 Å². The molecular formula is C19H30N6O2+2. The van der Waals surface area contributed by atoms with Crippen LogP contribution >= 0.6 is 0 Å². The third-order valence-corrected chi connectivity index (χ3v) is 5.81. The molecule has 0 aliphatic carbocycles. The molecule has 0 bridgehead atoms. The molecule has 2 N–H and O–H groups in total. The molecule has 0 unspecified atom stereocenters. The van der Waals surface area contributed by atoms with E-state index in [1.54, 1.807) is 9.80 Å². The number of hydrogen-bond acceptors (Lipinski definition) is 5. The lowest BCUT2D eigenvalue weighted by Crippen LogP contribution is -3.28.